The largest absolute Gasteiger partial charge is 0.497 e. The van der Waals surface area contributed by atoms with Gasteiger partial charge in [-0.05, 0) is 42.7 Å². The average Bonchev–Trinajstić information content (AvgIpc) is 2.71. The third-order valence-corrected chi connectivity index (χ3v) is 4.21. The number of unbranched alkanes of at least 4 members (excludes halogenated alkanes) is 3. The van der Waals surface area contributed by atoms with Crippen LogP contribution in [0.15, 0.2) is 54.6 Å². The third kappa shape index (κ3) is 7.62. The van der Waals surface area contributed by atoms with Crippen LogP contribution in [0.5, 0.6) is 5.75 Å². The summed E-state index contributed by atoms with van der Waals surface area (Å²) in [5.41, 5.74) is 1.70. The van der Waals surface area contributed by atoms with Crippen molar-refractivity contribution in [3.63, 3.8) is 0 Å². The van der Waals surface area contributed by atoms with Crippen LogP contribution in [0.25, 0.3) is 0 Å². The van der Waals surface area contributed by atoms with Crippen LogP contribution < -0.4 is 10.1 Å². The summed E-state index contributed by atoms with van der Waals surface area (Å²) in [5.74, 6) is 0.606. The first-order chi connectivity index (χ1) is 13.2. The second-order valence-electron chi connectivity index (χ2n) is 6.31. The molecule has 1 atom stereocenters. The van der Waals surface area contributed by atoms with E-state index in [0.717, 1.165) is 42.5 Å². The molecule has 0 aliphatic carbocycles. The van der Waals surface area contributed by atoms with Gasteiger partial charge in [0.2, 0.25) is 0 Å². The van der Waals surface area contributed by atoms with E-state index in [2.05, 4.69) is 5.32 Å². The van der Waals surface area contributed by atoms with Gasteiger partial charge in [0.1, 0.15) is 18.1 Å². The first-order valence-corrected chi connectivity index (χ1v) is 9.27. The molecule has 27 heavy (non-hydrogen) atoms. The maximum absolute atomic E-state index is 12.7. The number of aldehydes is 1. The van der Waals surface area contributed by atoms with Crippen molar-refractivity contribution < 1.29 is 19.1 Å². The number of ether oxygens (including phenoxy) is 2. The summed E-state index contributed by atoms with van der Waals surface area (Å²) in [6, 6.07) is 17.0. The molecule has 5 nitrogen and oxygen atoms in total. The van der Waals surface area contributed by atoms with Crippen LogP contribution in [0.4, 0.5) is 5.69 Å². The summed E-state index contributed by atoms with van der Waals surface area (Å²) in [6.45, 7) is 0.332. The molecule has 0 fully saturated rings. The Kier molecular flexibility index (Phi) is 9.07. The summed E-state index contributed by atoms with van der Waals surface area (Å²) in [4.78, 5) is 23.1. The molecule has 1 amide bonds. The third-order valence-electron chi connectivity index (χ3n) is 4.21. The molecule has 0 aliphatic rings. The molecule has 5 heteroatoms. The normalized spacial score (nSPS) is 11.6. The van der Waals surface area contributed by atoms with Crippen LogP contribution in [-0.2, 0) is 20.9 Å². The van der Waals surface area contributed by atoms with Crippen LogP contribution in [0.2, 0.25) is 0 Å². The lowest BCUT2D eigenvalue weighted by atomic mass is 10.1. The van der Waals surface area contributed by atoms with E-state index in [-0.39, 0.29) is 5.91 Å². The number of benzene rings is 2. The lowest BCUT2D eigenvalue weighted by Gasteiger charge is -2.18. The van der Waals surface area contributed by atoms with Crippen LogP contribution in [-0.4, -0.2) is 25.4 Å². The summed E-state index contributed by atoms with van der Waals surface area (Å²) in [7, 11) is 1.62. The van der Waals surface area contributed by atoms with Crippen molar-refractivity contribution in [3.8, 4) is 5.75 Å². The topological polar surface area (TPSA) is 64.6 Å². The predicted octanol–water partition coefficient (Wildman–Crippen LogP) is 4.37. The fourth-order valence-electron chi connectivity index (χ4n) is 2.73. The Morgan fingerprint density at radius 1 is 1.07 bits per heavy atom. The molecular formula is C22H27NO4. The Morgan fingerprint density at radius 2 is 1.89 bits per heavy atom. The number of hydrogen-bond acceptors (Lipinski definition) is 4. The number of carbonyl (C=O) groups is 2. The van der Waals surface area contributed by atoms with Crippen molar-refractivity contribution in [2.45, 2.75) is 44.8 Å². The molecule has 0 saturated carbocycles. The van der Waals surface area contributed by atoms with Crippen molar-refractivity contribution >= 4 is 17.9 Å². The average molecular weight is 369 g/mol. The van der Waals surface area contributed by atoms with E-state index in [4.69, 9.17) is 9.47 Å². The standard InChI is InChI=1S/C22H27NO4/c1-26-20-13-9-10-18(16-20)17-27-21(14-7-2-3-8-15-24)22(25)23-19-11-5-4-6-12-19/h4-6,9-13,15-16,21H,2-3,7-8,14,17H2,1H3,(H,23,25). The molecule has 0 spiro atoms. The predicted molar refractivity (Wildman–Crippen MR) is 106 cm³/mol. The number of anilines is 1. The van der Waals surface area contributed by atoms with Gasteiger partial charge >= 0.3 is 0 Å². The molecule has 2 aromatic rings. The van der Waals surface area contributed by atoms with E-state index in [9.17, 15) is 9.59 Å². The molecule has 1 unspecified atom stereocenters. The molecule has 2 aromatic carbocycles. The van der Waals surface area contributed by atoms with Crippen molar-refractivity contribution in [2.24, 2.45) is 0 Å². The lowest BCUT2D eigenvalue weighted by Crippen LogP contribution is -2.30. The summed E-state index contributed by atoms with van der Waals surface area (Å²) >= 11 is 0. The van der Waals surface area contributed by atoms with Gasteiger partial charge in [0, 0.05) is 12.1 Å². The van der Waals surface area contributed by atoms with E-state index in [0.29, 0.717) is 19.4 Å². The van der Waals surface area contributed by atoms with Gasteiger partial charge in [-0.25, -0.2) is 0 Å². The minimum absolute atomic E-state index is 0.153. The van der Waals surface area contributed by atoms with E-state index in [1.165, 1.54) is 0 Å². The zero-order valence-electron chi connectivity index (χ0n) is 15.7. The fraction of sp³-hybridized carbons (Fsp3) is 0.364. The molecule has 0 aromatic heterocycles. The van der Waals surface area contributed by atoms with Crippen LogP contribution in [0.1, 0.15) is 37.7 Å². The van der Waals surface area contributed by atoms with Gasteiger partial charge in [-0.15, -0.1) is 0 Å². The van der Waals surface area contributed by atoms with Gasteiger partial charge in [0.05, 0.1) is 13.7 Å². The number of nitrogens with one attached hydrogen (secondary N) is 1. The first-order valence-electron chi connectivity index (χ1n) is 9.27. The fourth-order valence-corrected chi connectivity index (χ4v) is 2.73. The van der Waals surface area contributed by atoms with Gasteiger partial charge in [-0.1, -0.05) is 43.2 Å². The van der Waals surface area contributed by atoms with Crippen LogP contribution >= 0.6 is 0 Å². The number of para-hydroxylation sites is 1. The number of methoxy groups -OCH3 is 1. The van der Waals surface area contributed by atoms with E-state index >= 15 is 0 Å². The zero-order chi connectivity index (χ0) is 19.3. The second-order valence-corrected chi connectivity index (χ2v) is 6.31. The smallest absolute Gasteiger partial charge is 0.253 e. The highest BCUT2D eigenvalue weighted by Crippen LogP contribution is 2.17. The molecule has 144 valence electrons. The summed E-state index contributed by atoms with van der Waals surface area (Å²) in [6.07, 6.45) is 4.13. The van der Waals surface area contributed by atoms with Crippen LogP contribution in [0, 0.1) is 0 Å². The molecule has 0 aliphatic heterocycles. The number of carbonyl (C=O) groups excluding carboxylic acids is 2. The molecule has 1 N–H and O–H groups in total. The maximum Gasteiger partial charge on any atom is 0.253 e. The summed E-state index contributed by atoms with van der Waals surface area (Å²) in [5, 5.41) is 2.91. The van der Waals surface area contributed by atoms with Crippen LogP contribution in [0.3, 0.4) is 0 Å². The molecular weight excluding hydrogens is 342 g/mol. The second kappa shape index (κ2) is 11.9. The highest BCUT2D eigenvalue weighted by molar-refractivity contribution is 5.94. The van der Waals surface area contributed by atoms with Crippen molar-refractivity contribution in [2.75, 3.05) is 12.4 Å². The zero-order valence-corrected chi connectivity index (χ0v) is 15.7. The number of hydrogen-bond donors (Lipinski definition) is 1. The molecule has 2 rings (SSSR count). The highest BCUT2D eigenvalue weighted by atomic mass is 16.5. The van der Waals surface area contributed by atoms with Crippen molar-refractivity contribution in [3.05, 3.63) is 60.2 Å². The minimum Gasteiger partial charge on any atom is -0.497 e. The first kappa shape index (κ1) is 20.6. The van der Waals surface area contributed by atoms with Gasteiger partial charge in [-0.2, -0.15) is 0 Å². The monoisotopic (exact) mass is 369 g/mol. The van der Waals surface area contributed by atoms with Crippen molar-refractivity contribution in [1.82, 2.24) is 0 Å². The van der Waals surface area contributed by atoms with Crippen molar-refractivity contribution in [1.29, 1.82) is 0 Å². The number of amides is 1. The molecule has 0 saturated heterocycles. The molecule has 0 bridgehead atoms. The molecule has 0 heterocycles. The van der Waals surface area contributed by atoms with Gasteiger partial charge < -0.3 is 19.6 Å². The van der Waals surface area contributed by atoms with Gasteiger partial charge in [-0.3, -0.25) is 4.79 Å². The quantitative estimate of drug-likeness (QED) is 0.446. The van der Waals surface area contributed by atoms with E-state index in [1.807, 2.05) is 54.6 Å². The van der Waals surface area contributed by atoms with E-state index < -0.39 is 6.10 Å². The highest BCUT2D eigenvalue weighted by Gasteiger charge is 2.19. The lowest BCUT2D eigenvalue weighted by molar-refractivity contribution is -0.128. The SMILES string of the molecule is COc1cccc(COC(CCCCCC=O)C(=O)Nc2ccccc2)c1. The number of rotatable bonds is 12. The van der Waals surface area contributed by atoms with E-state index in [1.54, 1.807) is 7.11 Å². The maximum atomic E-state index is 12.7. The Morgan fingerprint density at radius 3 is 2.63 bits per heavy atom. The molecule has 0 radical (unpaired) electrons. The van der Waals surface area contributed by atoms with Gasteiger partial charge in [0.25, 0.3) is 5.91 Å². The minimum atomic E-state index is -0.548. The Balaban J connectivity index is 1.94. The Hall–Kier alpha value is -2.66. The Labute approximate surface area is 160 Å². The summed E-state index contributed by atoms with van der Waals surface area (Å²) < 4.78 is 11.2. The Bertz CT molecular complexity index is 702. The van der Waals surface area contributed by atoms with Gasteiger partial charge in [0.15, 0.2) is 0 Å².